The Morgan fingerprint density at radius 2 is 1.93 bits per heavy atom. The molecule has 1 fully saturated rings. The summed E-state index contributed by atoms with van der Waals surface area (Å²) in [5.74, 6) is 1.24. The number of nitrogens with one attached hydrogen (secondary N) is 2. The Hall–Kier alpha value is -1.02. The predicted octanol–water partition coefficient (Wildman–Crippen LogP) is 3.43. The normalized spacial score (nSPS) is 18.7. The van der Waals surface area contributed by atoms with Gasteiger partial charge in [-0.05, 0) is 69.6 Å². The van der Waals surface area contributed by atoms with Gasteiger partial charge in [-0.2, -0.15) is 0 Å². The molecule has 3 rings (SSSR count). The first-order valence-electron chi connectivity index (χ1n) is 10.1. The van der Waals surface area contributed by atoms with Crippen LogP contribution in [-0.4, -0.2) is 48.2 Å². The first-order chi connectivity index (χ1) is 12.6. The zero-order chi connectivity index (χ0) is 18.5. The number of guanidine groups is 1. The molecule has 0 aromatic heterocycles. The van der Waals surface area contributed by atoms with Crippen molar-refractivity contribution < 1.29 is 5.11 Å². The molecule has 0 spiro atoms. The number of benzene rings is 1. The minimum absolute atomic E-state index is 0. The Labute approximate surface area is 181 Å². The van der Waals surface area contributed by atoms with Crippen LogP contribution in [0.2, 0.25) is 0 Å². The lowest BCUT2D eigenvalue weighted by Crippen LogP contribution is -2.49. The van der Waals surface area contributed by atoms with Crippen molar-refractivity contribution in [3.8, 4) is 5.75 Å². The number of nitrogens with zero attached hydrogens (tertiary/aromatic N) is 2. The van der Waals surface area contributed by atoms with Gasteiger partial charge in [-0.3, -0.25) is 4.99 Å². The van der Waals surface area contributed by atoms with E-state index in [4.69, 9.17) is 0 Å². The minimum atomic E-state index is 0. The lowest BCUT2D eigenvalue weighted by Gasteiger charge is -2.35. The molecule has 5 nitrogen and oxygen atoms in total. The number of halogens is 1. The maximum atomic E-state index is 10.3. The van der Waals surface area contributed by atoms with Crippen LogP contribution in [0.4, 0.5) is 0 Å². The van der Waals surface area contributed by atoms with E-state index in [0.717, 1.165) is 50.3 Å². The summed E-state index contributed by atoms with van der Waals surface area (Å²) >= 11 is 0. The highest BCUT2D eigenvalue weighted by atomic mass is 127. The molecule has 152 valence electrons. The van der Waals surface area contributed by atoms with E-state index in [1.165, 1.54) is 24.0 Å². The first-order valence-corrected chi connectivity index (χ1v) is 10.1. The van der Waals surface area contributed by atoms with E-state index in [-0.39, 0.29) is 24.0 Å². The fraction of sp³-hybridized carbons (Fsp3) is 0.667. The number of piperidine rings is 1. The summed E-state index contributed by atoms with van der Waals surface area (Å²) in [6.07, 6.45) is 6.95. The van der Waals surface area contributed by atoms with Gasteiger partial charge in [0.2, 0.25) is 0 Å². The first kappa shape index (κ1) is 22.3. The van der Waals surface area contributed by atoms with E-state index in [1.54, 1.807) is 0 Å². The third kappa shape index (κ3) is 5.73. The molecule has 2 aliphatic rings. The van der Waals surface area contributed by atoms with E-state index >= 15 is 0 Å². The van der Waals surface area contributed by atoms with Gasteiger partial charge in [0.1, 0.15) is 5.75 Å². The van der Waals surface area contributed by atoms with Gasteiger partial charge in [0.15, 0.2) is 5.96 Å². The third-order valence-corrected chi connectivity index (χ3v) is 5.88. The van der Waals surface area contributed by atoms with Crippen molar-refractivity contribution in [2.45, 2.75) is 71.0 Å². The topological polar surface area (TPSA) is 59.9 Å². The molecule has 0 unspecified atom stereocenters. The molecule has 27 heavy (non-hydrogen) atoms. The Bertz CT molecular complexity index is 639. The Morgan fingerprint density at radius 1 is 1.22 bits per heavy atom. The summed E-state index contributed by atoms with van der Waals surface area (Å²) in [7, 11) is 1.82. The minimum Gasteiger partial charge on any atom is -0.508 e. The molecule has 3 N–H and O–H groups in total. The van der Waals surface area contributed by atoms with Crippen molar-refractivity contribution in [2.24, 2.45) is 4.99 Å². The second-order valence-electron chi connectivity index (χ2n) is 7.88. The second-order valence-corrected chi connectivity index (χ2v) is 7.88. The zero-order valence-corrected chi connectivity index (χ0v) is 19.3. The summed E-state index contributed by atoms with van der Waals surface area (Å²) in [4.78, 5) is 6.92. The molecule has 1 aromatic carbocycles. The third-order valence-electron chi connectivity index (χ3n) is 5.88. The number of phenolic OH excluding ortho intramolecular Hbond substituents is 1. The maximum absolute atomic E-state index is 10.3. The van der Waals surface area contributed by atoms with E-state index in [2.05, 4.69) is 40.4 Å². The van der Waals surface area contributed by atoms with Crippen molar-refractivity contribution in [2.75, 3.05) is 20.1 Å². The van der Waals surface area contributed by atoms with Crippen molar-refractivity contribution in [3.63, 3.8) is 0 Å². The highest BCUT2D eigenvalue weighted by Gasteiger charge is 2.22. The van der Waals surface area contributed by atoms with E-state index in [9.17, 15) is 5.11 Å². The smallest absolute Gasteiger partial charge is 0.191 e. The molecule has 1 saturated heterocycles. The largest absolute Gasteiger partial charge is 0.508 e. The van der Waals surface area contributed by atoms with Crippen molar-refractivity contribution in [1.29, 1.82) is 0 Å². The molecule has 1 aliphatic heterocycles. The van der Waals surface area contributed by atoms with Gasteiger partial charge in [-0.25, -0.2) is 0 Å². The van der Waals surface area contributed by atoms with Gasteiger partial charge in [0, 0.05) is 44.3 Å². The van der Waals surface area contributed by atoms with Gasteiger partial charge in [-0.15, -0.1) is 24.0 Å². The second kappa shape index (κ2) is 10.5. The van der Waals surface area contributed by atoms with Gasteiger partial charge >= 0.3 is 0 Å². The molecule has 0 atom stereocenters. The number of rotatable bonds is 4. The number of hydrogen-bond acceptors (Lipinski definition) is 3. The van der Waals surface area contributed by atoms with Gasteiger partial charge in [0.25, 0.3) is 0 Å². The number of likely N-dealkylation sites (tertiary alicyclic amines) is 1. The van der Waals surface area contributed by atoms with Crippen LogP contribution in [0.15, 0.2) is 17.1 Å². The molecule has 1 aromatic rings. The van der Waals surface area contributed by atoms with E-state index < -0.39 is 0 Å². The van der Waals surface area contributed by atoms with Gasteiger partial charge in [-0.1, -0.05) is 6.07 Å². The molecule has 0 bridgehead atoms. The van der Waals surface area contributed by atoms with Crippen molar-refractivity contribution in [3.05, 3.63) is 28.8 Å². The molecular formula is C21H35IN4O. The molecule has 0 saturated carbocycles. The van der Waals surface area contributed by atoms with E-state index in [0.29, 0.717) is 24.4 Å². The highest BCUT2D eigenvalue weighted by Crippen LogP contribution is 2.30. The van der Waals surface area contributed by atoms with Crippen molar-refractivity contribution >= 4 is 29.9 Å². The maximum Gasteiger partial charge on any atom is 0.191 e. The fourth-order valence-corrected chi connectivity index (χ4v) is 4.21. The fourth-order valence-electron chi connectivity index (χ4n) is 4.21. The van der Waals surface area contributed by atoms with Crippen LogP contribution in [0.3, 0.4) is 0 Å². The SMILES string of the molecule is CN=C(NCc1c(O)ccc2c1CCCC2)NC1CCN(C(C)C)CC1.I. The summed E-state index contributed by atoms with van der Waals surface area (Å²) in [6.45, 7) is 7.43. The Kier molecular flexibility index (Phi) is 8.66. The van der Waals surface area contributed by atoms with Gasteiger partial charge in [0.05, 0.1) is 0 Å². The van der Waals surface area contributed by atoms with Crippen LogP contribution in [0.25, 0.3) is 0 Å². The monoisotopic (exact) mass is 486 g/mol. The molecule has 1 aliphatic carbocycles. The van der Waals surface area contributed by atoms with Crippen molar-refractivity contribution in [1.82, 2.24) is 15.5 Å². The summed E-state index contributed by atoms with van der Waals surface area (Å²) in [6, 6.07) is 5.03. The number of aliphatic imine (C=N–C) groups is 1. The number of fused-ring (bicyclic) bond motifs is 1. The lowest BCUT2D eigenvalue weighted by molar-refractivity contribution is 0.167. The summed E-state index contributed by atoms with van der Waals surface area (Å²) in [5, 5.41) is 17.3. The highest BCUT2D eigenvalue weighted by molar-refractivity contribution is 14.0. The summed E-state index contributed by atoms with van der Waals surface area (Å²) < 4.78 is 0. The standard InChI is InChI=1S/C21H34N4O.HI/c1-15(2)25-12-10-17(11-13-25)24-21(22-3)23-14-19-18-7-5-4-6-16(18)8-9-20(19)26;/h8-9,15,17,26H,4-7,10-14H2,1-3H3,(H2,22,23,24);1H. The van der Waals surface area contributed by atoms with Crippen LogP contribution in [0.1, 0.15) is 56.2 Å². The molecule has 1 heterocycles. The van der Waals surface area contributed by atoms with Gasteiger partial charge < -0.3 is 20.6 Å². The zero-order valence-electron chi connectivity index (χ0n) is 16.9. The number of aromatic hydroxyl groups is 1. The Balaban J connectivity index is 0.00000261. The number of phenols is 1. The molecular weight excluding hydrogens is 451 g/mol. The van der Waals surface area contributed by atoms with Crippen LogP contribution >= 0.6 is 24.0 Å². The van der Waals surface area contributed by atoms with Crippen LogP contribution in [0, 0.1) is 0 Å². The molecule has 0 amide bonds. The average Bonchev–Trinajstić information content (AvgIpc) is 2.66. The predicted molar refractivity (Wildman–Crippen MR) is 123 cm³/mol. The van der Waals surface area contributed by atoms with E-state index in [1.807, 2.05) is 13.1 Å². The Morgan fingerprint density at radius 3 is 2.59 bits per heavy atom. The molecule has 6 heteroatoms. The molecule has 0 radical (unpaired) electrons. The summed E-state index contributed by atoms with van der Waals surface area (Å²) in [5.41, 5.74) is 3.78. The average molecular weight is 486 g/mol. The number of hydrogen-bond donors (Lipinski definition) is 3. The quantitative estimate of drug-likeness (QED) is 0.347. The number of aryl methyl sites for hydroxylation is 1. The van der Waals surface area contributed by atoms with Crippen LogP contribution in [0.5, 0.6) is 5.75 Å². The van der Waals surface area contributed by atoms with Crippen LogP contribution in [-0.2, 0) is 19.4 Å². The lowest BCUT2D eigenvalue weighted by atomic mass is 9.88. The van der Waals surface area contributed by atoms with Crippen LogP contribution < -0.4 is 10.6 Å².